The van der Waals surface area contributed by atoms with Gasteiger partial charge in [-0.1, -0.05) is 45.8 Å². The minimum atomic E-state index is -0.731. The van der Waals surface area contributed by atoms with Crippen LogP contribution in [-0.2, 0) is 4.79 Å². The van der Waals surface area contributed by atoms with Crippen molar-refractivity contribution in [2.24, 2.45) is 5.92 Å². The largest absolute Gasteiger partial charge is 0.481 e. The Bertz CT molecular complexity index is 347. The van der Waals surface area contributed by atoms with Crippen molar-refractivity contribution in [1.29, 1.82) is 0 Å². The highest BCUT2D eigenvalue weighted by molar-refractivity contribution is 5.69. The van der Waals surface area contributed by atoms with Crippen LogP contribution in [0, 0.1) is 5.92 Å². The van der Waals surface area contributed by atoms with Crippen LogP contribution >= 0.6 is 0 Å². The molecule has 2 N–H and O–H groups in total. The van der Waals surface area contributed by atoms with Crippen LogP contribution in [0.5, 0.6) is 0 Å². The number of carbonyl (C=O) groups is 1. The van der Waals surface area contributed by atoms with Gasteiger partial charge in [0.15, 0.2) is 0 Å². The fourth-order valence-electron chi connectivity index (χ4n) is 3.31. The summed E-state index contributed by atoms with van der Waals surface area (Å²) in [5.74, 6) is -1.10. The van der Waals surface area contributed by atoms with Crippen LogP contribution in [0.3, 0.4) is 0 Å². The van der Waals surface area contributed by atoms with Crippen molar-refractivity contribution in [1.82, 2.24) is 0 Å². The topological polar surface area (TPSA) is 57.5 Å². The number of rotatable bonds is 15. The number of aliphatic hydroxyl groups is 1. The number of hydrogen-bond donors (Lipinski definition) is 2. The van der Waals surface area contributed by atoms with Crippen LogP contribution in [-0.4, -0.2) is 52.9 Å². The first-order chi connectivity index (χ1) is 11.4. The second-order valence-electron chi connectivity index (χ2n) is 7.21. The standard InChI is InChI=1S/C20H39NO3/c1-5-8-11-12-13-19(22)17-21(14-9-6-2,15-10-7-3)16-18(4)20(23)24/h8,11,18-19,22H,5-7,9-10,12-17H2,1-4H3/p+1/b11-8+. The van der Waals surface area contributed by atoms with Gasteiger partial charge in [0, 0.05) is 0 Å². The summed E-state index contributed by atoms with van der Waals surface area (Å²) in [7, 11) is 0. The van der Waals surface area contributed by atoms with Gasteiger partial charge < -0.3 is 14.7 Å². The molecule has 0 rings (SSSR count). The number of allylic oxidation sites excluding steroid dienone is 2. The van der Waals surface area contributed by atoms with Crippen molar-refractivity contribution in [2.75, 3.05) is 26.2 Å². The Morgan fingerprint density at radius 1 is 1.04 bits per heavy atom. The molecule has 0 amide bonds. The second-order valence-corrected chi connectivity index (χ2v) is 7.21. The summed E-state index contributed by atoms with van der Waals surface area (Å²) >= 11 is 0. The molecule has 2 atom stereocenters. The quantitative estimate of drug-likeness (QED) is 0.346. The van der Waals surface area contributed by atoms with Gasteiger partial charge in [0.2, 0.25) is 0 Å². The maximum atomic E-state index is 11.4. The molecule has 0 fully saturated rings. The molecule has 0 bridgehead atoms. The van der Waals surface area contributed by atoms with Crippen LogP contribution < -0.4 is 0 Å². The zero-order valence-electron chi connectivity index (χ0n) is 16.3. The first kappa shape index (κ1) is 23.1. The number of hydrogen-bond acceptors (Lipinski definition) is 2. The number of carboxylic acids is 1. The minimum Gasteiger partial charge on any atom is -0.481 e. The lowest BCUT2D eigenvalue weighted by atomic mass is 10.0. The Kier molecular flexibility index (Phi) is 12.9. The summed E-state index contributed by atoms with van der Waals surface area (Å²) in [5, 5.41) is 19.9. The van der Waals surface area contributed by atoms with Crippen LogP contribution in [0.2, 0.25) is 0 Å². The highest BCUT2D eigenvalue weighted by Gasteiger charge is 2.33. The third kappa shape index (κ3) is 10.1. The molecule has 0 aromatic rings. The lowest BCUT2D eigenvalue weighted by Crippen LogP contribution is -2.56. The summed E-state index contributed by atoms with van der Waals surface area (Å²) in [6, 6.07) is 0. The molecule has 0 heterocycles. The summed E-state index contributed by atoms with van der Waals surface area (Å²) in [5.41, 5.74) is 0. The molecule has 4 heteroatoms. The number of quaternary nitrogens is 1. The molecule has 0 spiro atoms. The van der Waals surface area contributed by atoms with Gasteiger partial charge in [-0.15, -0.1) is 0 Å². The average Bonchev–Trinajstić information content (AvgIpc) is 2.54. The van der Waals surface area contributed by atoms with Crippen molar-refractivity contribution in [3.05, 3.63) is 12.2 Å². The summed E-state index contributed by atoms with van der Waals surface area (Å²) in [4.78, 5) is 11.4. The van der Waals surface area contributed by atoms with Gasteiger partial charge in [-0.3, -0.25) is 4.79 Å². The number of aliphatic carboxylic acids is 1. The van der Waals surface area contributed by atoms with Gasteiger partial charge in [0.1, 0.15) is 18.6 Å². The minimum absolute atomic E-state index is 0.360. The molecule has 0 aromatic heterocycles. The highest BCUT2D eigenvalue weighted by Crippen LogP contribution is 2.19. The predicted octanol–water partition coefficient (Wildman–Crippen LogP) is 4.23. The van der Waals surface area contributed by atoms with Gasteiger partial charge in [-0.2, -0.15) is 0 Å². The summed E-state index contributed by atoms with van der Waals surface area (Å²) in [6.07, 6.45) is 11.0. The lowest BCUT2D eigenvalue weighted by Gasteiger charge is -2.41. The van der Waals surface area contributed by atoms with Crippen LogP contribution in [0.15, 0.2) is 12.2 Å². The van der Waals surface area contributed by atoms with Crippen molar-refractivity contribution < 1.29 is 19.5 Å². The van der Waals surface area contributed by atoms with E-state index in [1.807, 2.05) is 0 Å². The Morgan fingerprint density at radius 2 is 1.62 bits per heavy atom. The Morgan fingerprint density at radius 3 is 2.08 bits per heavy atom. The number of unbranched alkanes of at least 4 members (excludes halogenated alkanes) is 2. The first-order valence-electron chi connectivity index (χ1n) is 9.81. The monoisotopic (exact) mass is 342 g/mol. The third-order valence-electron chi connectivity index (χ3n) is 4.72. The van der Waals surface area contributed by atoms with Crippen molar-refractivity contribution in [2.45, 2.75) is 78.7 Å². The molecular weight excluding hydrogens is 302 g/mol. The third-order valence-corrected chi connectivity index (χ3v) is 4.72. The van der Waals surface area contributed by atoms with E-state index in [9.17, 15) is 15.0 Å². The van der Waals surface area contributed by atoms with Crippen molar-refractivity contribution in [3.8, 4) is 0 Å². The van der Waals surface area contributed by atoms with Gasteiger partial charge in [0.05, 0.1) is 19.6 Å². The van der Waals surface area contributed by atoms with E-state index in [1.54, 1.807) is 6.92 Å². The molecule has 142 valence electrons. The molecule has 0 saturated heterocycles. The van der Waals surface area contributed by atoms with Gasteiger partial charge in [-0.05, 0) is 39.0 Å². The summed E-state index contributed by atoms with van der Waals surface area (Å²) < 4.78 is 0.744. The lowest BCUT2D eigenvalue weighted by molar-refractivity contribution is -0.933. The van der Waals surface area contributed by atoms with Gasteiger partial charge >= 0.3 is 5.97 Å². The fraction of sp³-hybridized carbons (Fsp3) is 0.850. The van der Waals surface area contributed by atoms with E-state index in [1.165, 1.54) is 0 Å². The molecule has 0 aliphatic heterocycles. The smallest absolute Gasteiger partial charge is 0.311 e. The van der Waals surface area contributed by atoms with Crippen LogP contribution in [0.4, 0.5) is 0 Å². The van der Waals surface area contributed by atoms with Gasteiger partial charge in [0.25, 0.3) is 0 Å². The molecule has 24 heavy (non-hydrogen) atoms. The molecular formula is C20H40NO3+. The van der Waals surface area contributed by atoms with Crippen LogP contribution in [0.25, 0.3) is 0 Å². The van der Waals surface area contributed by atoms with E-state index in [-0.39, 0.29) is 12.0 Å². The zero-order chi connectivity index (χ0) is 18.4. The van der Waals surface area contributed by atoms with Gasteiger partial charge in [-0.25, -0.2) is 0 Å². The highest BCUT2D eigenvalue weighted by atomic mass is 16.4. The SMILES string of the molecule is CC/C=C/CCC(O)C[N+](CCCC)(CCCC)CC(C)C(=O)O. The van der Waals surface area contributed by atoms with Crippen molar-refractivity contribution in [3.63, 3.8) is 0 Å². The molecule has 0 saturated carbocycles. The first-order valence-corrected chi connectivity index (χ1v) is 9.81. The molecule has 0 aliphatic carbocycles. The van der Waals surface area contributed by atoms with E-state index in [2.05, 4.69) is 32.9 Å². The Hall–Kier alpha value is -0.870. The number of carboxylic acid groups (broad SMARTS) is 1. The van der Waals surface area contributed by atoms with E-state index in [0.29, 0.717) is 13.1 Å². The number of aliphatic hydroxyl groups excluding tert-OH is 1. The molecule has 2 unspecified atom stereocenters. The molecule has 0 aromatic carbocycles. The van der Waals surface area contributed by atoms with Crippen molar-refractivity contribution >= 4 is 5.97 Å². The number of nitrogens with zero attached hydrogens (tertiary/aromatic N) is 1. The van der Waals surface area contributed by atoms with E-state index in [0.717, 1.165) is 62.5 Å². The fourth-order valence-corrected chi connectivity index (χ4v) is 3.31. The molecule has 0 aliphatic rings. The maximum absolute atomic E-state index is 11.4. The van der Waals surface area contributed by atoms with Crippen LogP contribution in [0.1, 0.15) is 72.6 Å². The average molecular weight is 343 g/mol. The predicted molar refractivity (Wildman–Crippen MR) is 101 cm³/mol. The van der Waals surface area contributed by atoms with E-state index < -0.39 is 5.97 Å². The second kappa shape index (κ2) is 13.4. The Labute approximate surface area is 149 Å². The summed E-state index contributed by atoms with van der Waals surface area (Å²) in [6.45, 7) is 11.5. The maximum Gasteiger partial charge on any atom is 0.311 e. The normalized spacial score (nSPS) is 14.9. The Balaban J connectivity index is 4.99. The van der Waals surface area contributed by atoms with E-state index >= 15 is 0 Å². The molecule has 4 nitrogen and oxygen atoms in total. The zero-order valence-corrected chi connectivity index (χ0v) is 16.3. The molecule has 0 radical (unpaired) electrons. The van der Waals surface area contributed by atoms with E-state index in [4.69, 9.17) is 0 Å².